The molecule has 20 heavy (non-hydrogen) atoms. The molecule has 1 saturated carbocycles. The summed E-state index contributed by atoms with van der Waals surface area (Å²) < 4.78 is 1.23. The molecule has 1 aliphatic carbocycles. The fraction of sp³-hybridized carbons (Fsp3) is 0.500. The van der Waals surface area contributed by atoms with Gasteiger partial charge < -0.3 is 0 Å². The van der Waals surface area contributed by atoms with E-state index in [0.29, 0.717) is 11.7 Å². The van der Waals surface area contributed by atoms with Gasteiger partial charge in [0.25, 0.3) is 0 Å². The molecule has 2 heteroatoms. The van der Waals surface area contributed by atoms with Crippen molar-refractivity contribution < 1.29 is 4.79 Å². The average Bonchev–Trinajstić information content (AvgIpc) is 3.04. The van der Waals surface area contributed by atoms with E-state index in [9.17, 15) is 4.79 Å². The van der Waals surface area contributed by atoms with Gasteiger partial charge in [0.2, 0.25) is 0 Å². The molecule has 1 nitrogen and oxygen atoms in total. The van der Waals surface area contributed by atoms with Crippen LogP contribution in [-0.4, -0.2) is 5.78 Å². The molecule has 106 valence electrons. The number of hydrogen-bond acceptors (Lipinski definition) is 2. The van der Waals surface area contributed by atoms with Crippen LogP contribution in [-0.2, 0) is 0 Å². The Bertz CT molecular complexity index is 617. The number of carbonyl (C=O) groups excluding carboxylic acids is 1. The summed E-state index contributed by atoms with van der Waals surface area (Å²) in [5.74, 6) is 0.989. The minimum atomic E-state index is -0.0853. The van der Waals surface area contributed by atoms with Gasteiger partial charge in [-0.15, -0.1) is 11.3 Å². The quantitative estimate of drug-likeness (QED) is 0.660. The number of thiophene rings is 1. The molecule has 0 amide bonds. The third-order valence-electron chi connectivity index (χ3n) is 4.57. The predicted molar refractivity (Wildman–Crippen MR) is 86.5 cm³/mol. The van der Waals surface area contributed by atoms with Crippen LogP contribution >= 0.6 is 11.3 Å². The Morgan fingerprint density at radius 1 is 1.25 bits per heavy atom. The highest BCUT2D eigenvalue weighted by atomic mass is 32.1. The number of carbonyl (C=O) groups is 1. The van der Waals surface area contributed by atoms with Gasteiger partial charge in [-0.2, -0.15) is 0 Å². The highest BCUT2D eigenvalue weighted by Gasteiger charge is 2.42. The van der Waals surface area contributed by atoms with Gasteiger partial charge in [-0.1, -0.05) is 44.9 Å². The van der Waals surface area contributed by atoms with Crippen LogP contribution in [0.2, 0.25) is 0 Å². The van der Waals surface area contributed by atoms with Gasteiger partial charge in [0, 0.05) is 26.4 Å². The average molecular weight is 286 g/mol. The van der Waals surface area contributed by atoms with Crippen LogP contribution in [0.4, 0.5) is 0 Å². The Kier molecular flexibility index (Phi) is 3.68. The maximum absolute atomic E-state index is 13.2. The summed E-state index contributed by atoms with van der Waals surface area (Å²) in [6.07, 6.45) is 5.61. The minimum absolute atomic E-state index is 0.0853. The standard InChI is InChI=1S/C18H22OS/c1-13(2)11-18(9-5-6-10-18)17(19)15-12-20-16-8-4-3-7-14(15)16/h3-4,7-8,12-13H,5-6,9-11H2,1-2H3. The van der Waals surface area contributed by atoms with Gasteiger partial charge in [-0.25, -0.2) is 0 Å². The van der Waals surface area contributed by atoms with Crippen LogP contribution in [0.1, 0.15) is 56.3 Å². The molecule has 0 unspecified atom stereocenters. The van der Waals surface area contributed by atoms with Crippen molar-refractivity contribution >= 4 is 27.2 Å². The van der Waals surface area contributed by atoms with E-state index < -0.39 is 0 Å². The van der Waals surface area contributed by atoms with Crippen LogP contribution in [0.15, 0.2) is 29.6 Å². The summed E-state index contributed by atoms with van der Waals surface area (Å²) in [6.45, 7) is 4.47. The fourth-order valence-electron chi connectivity index (χ4n) is 3.80. The topological polar surface area (TPSA) is 17.1 Å². The second-order valence-electron chi connectivity index (χ2n) is 6.56. The summed E-state index contributed by atoms with van der Waals surface area (Å²) in [5.41, 5.74) is 0.881. The number of ketones is 1. The lowest BCUT2D eigenvalue weighted by atomic mass is 9.73. The van der Waals surface area contributed by atoms with Crippen molar-refractivity contribution in [3.8, 4) is 0 Å². The molecule has 2 aromatic rings. The van der Waals surface area contributed by atoms with Crippen molar-refractivity contribution in [1.29, 1.82) is 0 Å². The summed E-state index contributed by atoms with van der Waals surface area (Å²) >= 11 is 1.70. The van der Waals surface area contributed by atoms with Crippen LogP contribution < -0.4 is 0 Å². The molecule has 0 saturated heterocycles. The molecule has 0 bridgehead atoms. The largest absolute Gasteiger partial charge is 0.294 e. The number of fused-ring (bicyclic) bond motifs is 1. The maximum atomic E-state index is 13.2. The molecule has 1 aromatic carbocycles. The lowest BCUT2D eigenvalue weighted by Crippen LogP contribution is -2.29. The molecule has 0 radical (unpaired) electrons. The first-order valence-corrected chi connectivity index (χ1v) is 8.51. The van der Waals surface area contributed by atoms with E-state index in [4.69, 9.17) is 0 Å². The Labute approximate surface area is 125 Å². The minimum Gasteiger partial charge on any atom is -0.294 e. The van der Waals surface area contributed by atoms with E-state index in [1.165, 1.54) is 17.5 Å². The van der Waals surface area contributed by atoms with E-state index in [1.54, 1.807) is 11.3 Å². The zero-order chi connectivity index (χ0) is 14.2. The van der Waals surface area contributed by atoms with Crippen molar-refractivity contribution in [2.24, 2.45) is 11.3 Å². The Morgan fingerprint density at radius 2 is 1.95 bits per heavy atom. The van der Waals surface area contributed by atoms with Crippen LogP contribution in [0, 0.1) is 11.3 Å². The van der Waals surface area contributed by atoms with Gasteiger partial charge in [-0.3, -0.25) is 4.79 Å². The lowest BCUT2D eigenvalue weighted by molar-refractivity contribution is 0.0762. The van der Waals surface area contributed by atoms with Crippen LogP contribution in [0.3, 0.4) is 0 Å². The first-order valence-electron chi connectivity index (χ1n) is 7.63. The molecular weight excluding hydrogens is 264 g/mol. The molecule has 1 aromatic heterocycles. The highest BCUT2D eigenvalue weighted by Crippen LogP contribution is 2.46. The van der Waals surface area contributed by atoms with Crippen molar-refractivity contribution in [2.45, 2.75) is 46.0 Å². The Hall–Kier alpha value is -1.15. The van der Waals surface area contributed by atoms with E-state index in [0.717, 1.165) is 30.2 Å². The molecule has 0 atom stereocenters. The smallest absolute Gasteiger partial charge is 0.170 e. The molecule has 0 spiro atoms. The summed E-state index contributed by atoms with van der Waals surface area (Å²) in [7, 11) is 0. The Morgan fingerprint density at radius 3 is 2.65 bits per heavy atom. The summed E-state index contributed by atoms with van der Waals surface area (Å²) in [6, 6.07) is 8.29. The molecule has 1 aliphatic rings. The van der Waals surface area contributed by atoms with E-state index in [1.807, 2.05) is 12.1 Å². The van der Waals surface area contributed by atoms with Crippen molar-refractivity contribution in [3.63, 3.8) is 0 Å². The predicted octanol–water partition coefficient (Wildman–Crippen LogP) is 5.69. The van der Waals surface area contributed by atoms with Crippen molar-refractivity contribution in [2.75, 3.05) is 0 Å². The molecule has 3 rings (SSSR count). The maximum Gasteiger partial charge on any atom is 0.170 e. The van der Waals surface area contributed by atoms with Crippen molar-refractivity contribution in [3.05, 3.63) is 35.2 Å². The van der Waals surface area contributed by atoms with Gasteiger partial charge in [-0.05, 0) is 31.2 Å². The van der Waals surface area contributed by atoms with E-state index in [-0.39, 0.29) is 5.41 Å². The Balaban J connectivity index is 2.01. The second-order valence-corrected chi connectivity index (χ2v) is 7.47. The van der Waals surface area contributed by atoms with Crippen LogP contribution in [0.5, 0.6) is 0 Å². The fourth-order valence-corrected chi connectivity index (χ4v) is 4.74. The number of Topliss-reactive ketones (excluding diaryl/α,β-unsaturated/α-hetero) is 1. The number of hydrogen-bond donors (Lipinski definition) is 0. The molecular formula is C18H22OS. The number of benzene rings is 1. The number of rotatable bonds is 4. The van der Waals surface area contributed by atoms with Gasteiger partial charge in [0.1, 0.15) is 0 Å². The van der Waals surface area contributed by atoms with Gasteiger partial charge in [0.05, 0.1) is 0 Å². The van der Waals surface area contributed by atoms with Crippen molar-refractivity contribution in [1.82, 2.24) is 0 Å². The SMILES string of the molecule is CC(C)CC1(C(=O)c2csc3ccccc23)CCCC1. The zero-order valence-corrected chi connectivity index (χ0v) is 13.1. The van der Waals surface area contributed by atoms with E-state index >= 15 is 0 Å². The monoisotopic (exact) mass is 286 g/mol. The second kappa shape index (κ2) is 5.33. The van der Waals surface area contributed by atoms with Crippen LogP contribution in [0.25, 0.3) is 10.1 Å². The lowest BCUT2D eigenvalue weighted by Gasteiger charge is -2.29. The summed E-state index contributed by atoms with van der Waals surface area (Å²) in [5, 5.41) is 3.23. The molecule has 0 aliphatic heterocycles. The normalized spacial score (nSPS) is 17.9. The van der Waals surface area contributed by atoms with Gasteiger partial charge in [0.15, 0.2) is 5.78 Å². The molecule has 1 heterocycles. The molecule has 0 N–H and O–H groups in total. The van der Waals surface area contributed by atoms with E-state index in [2.05, 4.69) is 31.4 Å². The van der Waals surface area contributed by atoms with Gasteiger partial charge >= 0.3 is 0 Å². The third kappa shape index (κ3) is 2.31. The third-order valence-corrected chi connectivity index (χ3v) is 5.53. The highest BCUT2D eigenvalue weighted by molar-refractivity contribution is 7.17. The molecule has 1 fully saturated rings. The first kappa shape index (κ1) is 13.8. The zero-order valence-electron chi connectivity index (χ0n) is 12.3. The first-order chi connectivity index (χ1) is 9.62. The summed E-state index contributed by atoms with van der Waals surface area (Å²) in [4.78, 5) is 13.2.